The SMILES string of the molecule is CC(C)(C)OC(=O)C[C@H](O)C[C@H](O)COc1ccc2ncnc(Nc3ccc(OCc4cccc(F)c4)c(Cl)c3)c2c1. The lowest BCUT2D eigenvalue weighted by Crippen LogP contribution is -2.29. The summed E-state index contributed by atoms with van der Waals surface area (Å²) in [4.78, 5) is 20.6. The number of hydrogen-bond acceptors (Lipinski definition) is 9. The van der Waals surface area contributed by atoms with E-state index in [1.165, 1.54) is 18.5 Å². The molecular weight excluding hydrogens is 565 g/mol. The first kappa shape index (κ1) is 31.0. The van der Waals surface area contributed by atoms with Crippen LogP contribution in [0.5, 0.6) is 11.5 Å². The number of aliphatic hydroxyl groups excluding tert-OH is 2. The third-order valence-electron chi connectivity index (χ3n) is 5.89. The van der Waals surface area contributed by atoms with E-state index in [1.807, 2.05) is 0 Å². The second-order valence-corrected chi connectivity index (χ2v) is 11.1. The largest absolute Gasteiger partial charge is 0.491 e. The van der Waals surface area contributed by atoms with Gasteiger partial charge in [-0.25, -0.2) is 14.4 Å². The van der Waals surface area contributed by atoms with Crippen LogP contribution in [-0.4, -0.2) is 50.6 Å². The number of halogens is 2. The number of fused-ring (bicyclic) bond motifs is 1. The molecule has 0 fully saturated rings. The van der Waals surface area contributed by atoms with Gasteiger partial charge in [-0.05, 0) is 74.9 Å². The molecule has 0 saturated heterocycles. The molecular formula is C31H33ClFN3O6. The van der Waals surface area contributed by atoms with E-state index < -0.39 is 23.8 Å². The fourth-order valence-corrected chi connectivity index (χ4v) is 4.31. The normalized spacial score (nSPS) is 12.9. The van der Waals surface area contributed by atoms with E-state index in [0.717, 1.165) is 0 Å². The number of hydrogen-bond donors (Lipinski definition) is 3. The summed E-state index contributed by atoms with van der Waals surface area (Å²) in [7, 11) is 0. The van der Waals surface area contributed by atoms with Gasteiger partial charge in [0.25, 0.3) is 0 Å². The van der Waals surface area contributed by atoms with Crippen LogP contribution in [0.15, 0.2) is 67.0 Å². The monoisotopic (exact) mass is 597 g/mol. The van der Waals surface area contributed by atoms with Gasteiger partial charge in [0.05, 0.1) is 29.2 Å². The number of benzene rings is 3. The Morgan fingerprint density at radius 1 is 1.02 bits per heavy atom. The van der Waals surface area contributed by atoms with Gasteiger partial charge < -0.3 is 29.7 Å². The van der Waals surface area contributed by atoms with Gasteiger partial charge >= 0.3 is 5.97 Å². The zero-order chi connectivity index (χ0) is 30.3. The molecule has 1 heterocycles. The molecule has 3 N–H and O–H groups in total. The standard InChI is InChI=1S/C31H33ClFN3O6/c1-31(2,3)42-29(39)14-22(37)13-23(38)17-40-24-8-9-27-25(15-24)30(35-18-34-27)36-21-7-10-28(26(32)12-21)41-16-19-5-4-6-20(33)11-19/h4-12,15,18,22-23,37-38H,13-14,16-17H2,1-3H3,(H,34,35,36)/t22-,23+/m1/s1. The molecule has 0 saturated carbocycles. The zero-order valence-corrected chi connectivity index (χ0v) is 24.3. The van der Waals surface area contributed by atoms with E-state index in [9.17, 15) is 19.4 Å². The third-order valence-corrected chi connectivity index (χ3v) is 6.19. The van der Waals surface area contributed by atoms with Crippen LogP contribution < -0.4 is 14.8 Å². The van der Waals surface area contributed by atoms with Crippen LogP contribution in [0, 0.1) is 5.82 Å². The van der Waals surface area contributed by atoms with Crippen molar-refractivity contribution < 1.29 is 33.6 Å². The van der Waals surface area contributed by atoms with Gasteiger partial charge in [0, 0.05) is 17.5 Å². The van der Waals surface area contributed by atoms with E-state index in [-0.39, 0.29) is 31.9 Å². The van der Waals surface area contributed by atoms with E-state index >= 15 is 0 Å². The highest BCUT2D eigenvalue weighted by Crippen LogP contribution is 2.32. The second kappa shape index (κ2) is 13.8. The number of anilines is 2. The van der Waals surface area contributed by atoms with Crippen molar-refractivity contribution in [3.63, 3.8) is 0 Å². The summed E-state index contributed by atoms with van der Waals surface area (Å²) in [5, 5.41) is 24.8. The number of aromatic nitrogens is 2. The number of aliphatic hydroxyl groups is 2. The Hall–Kier alpha value is -3.99. The first-order valence-corrected chi connectivity index (χ1v) is 13.7. The van der Waals surface area contributed by atoms with Gasteiger partial charge in [0.15, 0.2) is 0 Å². The average Bonchev–Trinajstić information content (AvgIpc) is 2.90. The van der Waals surface area contributed by atoms with Gasteiger partial charge in [-0.3, -0.25) is 4.79 Å². The molecule has 1 aromatic heterocycles. The van der Waals surface area contributed by atoms with Gasteiger partial charge in [-0.15, -0.1) is 0 Å². The minimum atomic E-state index is -1.07. The number of rotatable bonds is 12. The number of esters is 1. The van der Waals surface area contributed by atoms with E-state index in [1.54, 1.807) is 69.3 Å². The van der Waals surface area contributed by atoms with Crippen molar-refractivity contribution in [2.24, 2.45) is 0 Å². The molecule has 4 aromatic rings. The van der Waals surface area contributed by atoms with Crippen molar-refractivity contribution in [2.75, 3.05) is 11.9 Å². The summed E-state index contributed by atoms with van der Waals surface area (Å²) >= 11 is 6.44. The molecule has 11 heteroatoms. The molecule has 0 amide bonds. The predicted octanol–water partition coefficient (Wildman–Crippen LogP) is 5.97. The van der Waals surface area contributed by atoms with Crippen molar-refractivity contribution in [2.45, 2.75) is 58.0 Å². The lowest BCUT2D eigenvalue weighted by molar-refractivity contribution is -0.157. The minimum Gasteiger partial charge on any atom is -0.491 e. The van der Waals surface area contributed by atoms with Crippen LogP contribution in [0.1, 0.15) is 39.2 Å². The highest BCUT2D eigenvalue weighted by atomic mass is 35.5. The number of carbonyl (C=O) groups excluding carboxylic acids is 1. The number of ether oxygens (including phenoxy) is 3. The lowest BCUT2D eigenvalue weighted by Gasteiger charge is -2.21. The predicted molar refractivity (Wildman–Crippen MR) is 158 cm³/mol. The number of nitrogens with zero attached hydrogens (tertiary/aromatic N) is 2. The van der Waals surface area contributed by atoms with Crippen LogP contribution in [0.4, 0.5) is 15.9 Å². The Kier molecular flexibility index (Phi) is 10.2. The zero-order valence-electron chi connectivity index (χ0n) is 23.5. The fraction of sp³-hybridized carbons (Fsp3) is 0.323. The molecule has 0 unspecified atom stereocenters. The van der Waals surface area contributed by atoms with Gasteiger partial charge in [-0.2, -0.15) is 0 Å². The molecule has 42 heavy (non-hydrogen) atoms. The van der Waals surface area contributed by atoms with E-state index in [4.69, 9.17) is 25.8 Å². The summed E-state index contributed by atoms with van der Waals surface area (Å²) in [6.45, 7) is 5.30. The highest BCUT2D eigenvalue weighted by Gasteiger charge is 2.21. The van der Waals surface area contributed by atoms with Crippen LogP contribution in [-0.2, 0) is 16.1 Å². The minimum absolute atomic E-state index is 0.0502. The summed E-state index contributed by atoms with van der Waals surface area (Å²) < 4.78 is 30.1. The summed E-state index contributed by atoms with van der Waals surface area (Å²) in [6, 6.07) is 16.5. The molecule has 4 rings (SSSR count). The van der Waals surface area contributed by atoms with Crippen LogP contribution >= 0.6 is 11.6 Å². The summed E-state index contributed by atoms with van der Waals surface area (Å²) in [5.74, 6) is 0.538. The second-order valence-electron chi connectivity index (χ2n) is 10.7. The molecule has 2 atom stereocenters. The van der Waals surface area contributed by atoms with Gasteiger partial charge in [0.1, 0.15) is 48.3 Å². The molecule has 0 bridgehead atoms. The Labute approximate surface area is 248 Å². The molecule has 0 aliphatic heterocycles. The maximum absolute atomic E-state index is 13.4. The maximum Gasteiger partial charge on any atom is 0.308 e. The first-order valence-electron chi connectivity index (χ1n) is 13.3. The Morgan fingerprint density at radius 2 is 1.83 bits per heavy atom. The smallest absolute Gasteiger partial charge is 0.308 e. The topological polar surface area (TPSA) is 123 Å². The highest BCUT2D eigenvalue weighted by molar-refractivity contribution is 6.32. The molecule has 0 radical (unpaired) electrons. The van der Waals surface area contributed by atoms with E-state index in [0.29, 0.717) is 44.5 Å². The fourth-order valence-electron chi connectivity index (χ4n) is 4.08. The van der Waals surface area contributed by atoms with E-state index in [2.05, 4.69) is 15.3 Å². The quantitative estimate of drug-likeness (QED) is 0.170. The average molecular weight is 598 g/mol. The molecule has 0 aliphatic rings. The van der Waals surface area contributed by atoms with Gasteiger partial charge in [0.2, 0.25) is 0 Å². The van der Waals surface area contributed by atoms with Crippen LogP contribution in [0.3, 0.4) is 0 Å². The lowest BCUT2D eigenvalue weighted by atomic mass is 10.1. The molecule has 0 spiro atoms. The molecule has 3 aromatic carbocycles. The Bertz CT molecular complexity index is 1530. The number of nitrogens with one attached hydrogen (secondary N) is 1. The molecule has 9 nitrogen and oxygen atoms in total. The third kappa shape index (κ3) is 9.27. The van der Waals surface area contributed by atoms with Crippen LogP contribution in [0.2, 0.25) is 5.02 Å². The van der Waals surface area contributed by atoms with Crippen molar-refractivity contribution in [1.29, 1.82) is 0 Å². The summed E-state index contributed by atoms with van der Waals surface area (Å²) in [6.07, 6.45) is -0.915. The van der Waals surface area contributed by atoms with Gasteiger partial charge in [-0.1, -0.05) is 23.7 Å². The maximum atomic E-state index is 13.4. The summed E-state index contributed by atoms with van der Waals surface area (Å²) in [5.41, 5.74) is 1.35. The van der Waals surface area contributed by atoms with Crippen LogP contribution in [0.25, 0.3) is 10.9 Å². The Morgan fingerprint density at radius 3 is 2.57 bits per heavy atom. The van der Waals surface area contributed by atoms with Crippen molar-refractivity contribution >= 4 is 40.0 Å². The van der Waals surface area contributed by atoms with Crippen molar-refractivity contribution in [1.82, 2.24) is 9.97 Å². The number of carbonyl (C=O) groups is 1. The molecule has 222 valence electrons. The Balaban J connectivity index is 1.36. The van der Waals surface area contributed by atoms with Crippen molar-refractivity contribution in [3.8, 4) is 11.5 Å². The first-order chi connectivity index (χ1) is 19.9. The molecule has 0 aliphatic carbocycles. The van der Waals surface area contributed by atoms with Crippen molar-refractivity contribution in [3.05, 3.63) is 83.4 Å².